The zero-order chi connectivity index (χ0) is 15.2. The van der Waals surface area contributed by atoms with Gasteiger partial charge in [-0.05, 0) is 42.4 Å². The van der Waals surface area contributed by atoms with Crippen LogP contribution in [0, 0.1) is 5.92 Å². The second kappa shape index (κ2) is 7.90. The van der Waals surface area contributed by atoms with E-state index in [-0.39, 0.29) is 0 Å². The van der Waals surface area contributed by atoms with E-state index < -0.39 is 0 Å². The van der Waals surface area contributed by atoms with Gasteiger partial charge in [0.15, 0.2) is 6.29 Å². The van der Waals surface area contributed by atoms with Crippen molar-refractivity contribution >= 4 is 38.1 Å². The number of halogens is 2. The van der Waals surface area contributed by atoms with Gasteiger partial charge in [0.25, 0.3) is 0 Å². The molecule has 0 heterocycles. The molecular weight excluding hydrogens is 392 g/mol. The summed E-state index contributed by atoms with van der Waals surface area (Å²) in [4.78, 5) is 10.2. The summed E-state index contributed by atoms with van der Waals surface area (Å²) < 4.78 is 2.12. The third kappa shape index (κ3) is 4.79. The molecule has 1 saturated carbocycles. The van der Waals surface area contributed by atoms with Crippen LogP contribution in [0.3, 0.4) is 0 Å². The van der Waals surface area contributed by atoms with E-state index in [0.29, 0.717) is 5.56 Å². The maximum absolute atomic E-state index is 10.2. The van der Waals surface area contributed by atoms with Gasteiger partial charge < -0.3 is 0 Å². The van der Waals surface area contributed by atoms with Crippen LogP contribution >= 0.6 is 31.9 Å². The molecule has 2 aromatic carbocycles. The second-order valence-electron chi connectivity index (χ2n) is 5.29. The molecule has 0 bridgehead atoms. The standard InChI is InChI=1S/C11H13Br.C7H5BrO/c1-8(9-6-7-9)10-4-2-3-5-11(10)12;8-7-4-2-1-3-6(7)5-9/h2-5,8-9H,6-7H2,1H3;1-5H/t8-;/m0./s1. The first-order valence-electron chi connectivity index (χ1n) is 7.07. The molecule has 1 fully saturated rings. The van der Waals surface area contributed by atoms with E-state index in [1.165, 1.54) is 22.9 Å². The summed E-state index contributed by atoms with van der Waals surface area (Å²) in [6, 6.07) is 15.9. The highest BCUT2D eigenvalue weighted by molar-refractivity contribution is 9.10. The topological polar surface area (TPSA) is 17.1 Å². The fraction of sp³-hybridized carbons (Fsp3) is 0.278. The molecule has 0 aromatic heterocycles. The molecule has 1 nitrogen and oxygen atoms in total. The summed E-state index contributed by atoms with van der Waals surface area (Å²) in [6.45, 7) is 2.33. The van der Waals surface area contributed by atoms with Crippen LogP contribution in [0.25, 0.3) is 0 Å². The van der Waals surface area contributed by atoms with E-state index in [4.69, 9.17) is 0 Å². The number of carbonyl (C=O) groups is 1. The van der Waals surface area contributed by atoms with E-state index in [2.05, 4.69) is 63.0 Å². The Hall–Kier alpha value is -0.930. The molecule has 0 N–H and O–H groups in total. The Labute approximate surface area is 143 Å². The molecule has 0 aliphatic heterocycles. The van der Waals surface area contributed by atoms with E-state index >= 15 is 0 Å². The Morgan fingerprint density at radius 1 is 1.00 bits per heavy atom. The highest BCUT2D eigenvalue weighted by atomic mass is 79.9. The van der Waals surface area contributed by atoms with E-state index in [9.17, 15) is 4.79 Å². The summed E-state index contributed by atoms with van der Waals surface area (Å²) in [5, 5.41) is 0. The highest BCUT2D eigenvalue weighted by Gasteiger charge is 2.29. The lowest BCUT2D eigenvalue weighted by atomic mass is 9.97. The average molecular weight is 410 g/mol. The van der Waals surface area contributed by atoms with Gasteiger partial charge in [0.2, 0.25) is 0 Å². The zero-order valence-electron chi connectivity index (χ0n) is 11.9. The van der Waals surface area contributed by atoms with Crippen molar-refractivity contribution in [1.29, 1.82) is 0 Å². The first-order valence-corrected chi connectivity index (χ1v) is 8.66. The Morgan fingerprint density at radius 3 is 2.05 bits per heavy atom. The number of hydrogen-bond donors (Lipinski definition) is 0. The minimum absolute atomic E-state index is 0.692. The molecule has 110 valence electrons. The maximum atomic E-state index is 10.2. The minimum Gasteiger partial charge on any atom is -0.298 e. The van der Waals surface area contributed by atoms with Crippen LogP contribution in [-0.2, 0) is 0 Å². The smallest absolute Gasteiger partial charge is 0.151 e. The predicted molar refractivity (Wildman–Crippen MR) is 94.8 cm³/mol. The van der Waals surface area contributed by atoms with Crippen molar-refractivity contribution in [3.63, 3.8) is 0 Å². The SMILES string of the molecule is C[C@H](c1ccccc1Br)C1CC1.O=Cc1ccccc1Br. The van der Waals surface area contributed by atoms with Gasteiger partial charge in [-0.25, -0.2) is 0 Å². The van der Waals surface area contributed by atoms with Crippen molar-refractivity contribution in [2.45, 2.75) is 25.7 Å². The number of hydrogen-bond acceptors (Lipinski definition) is 1. The summed E-state index contributed by atoms with van der Waals surface area (Å²) in [5.41, 5.74) is 2.16. The van der Waals surface area contributed by atoms with Crippen molar-refractivity contribution in [3.8, 4) is 0 Å². The number of carbonyl (C=O) groups excluding carboxylic acids is 1. The third-order valence-corrected chi connectivity index (χ3v) is 5.20. The van der Waals surface area contributed by atoms with Crippen LogP contribution in [0.1, 0.15) is 41.6 Å². The molecule has 0 unspecified atom stereocenters. The van der Waals surface area contributed by atoms with Crippen LogP contribution in [0.5, 0.6) is 0 Å². The molecule has 0 saturated heterocycles. The van der Waals surface area contributed by atoms with Gasteiger partial charge in [0.1, 0.15) is 0 Å². The lowest BCUT2D eigenvalue weighted by Crippen LogP contribution is -1.95. The van der Waals surface area contributed by atoms with Gasteiger partial charge in [-0.2, -0.15) is 0 Å². The van der Waals surface area contributed by atoms with Gasteiger partial charge in [-0.15, -0.1) is 0 Å². The molecule has 1 aliphatic carbocycles. The first kappa shape index (κ1) is 16.4. The molecule has 3 rings (SSSR count). The van der Waals surface area contributed by atoms with Gasteiger partial charge >= 0.3 is 0 Å². The highest BCUT2D eigenvalue weighted by Crippen LogP contribution is 2.43. The number of rotatable bonds is 3. The van der Waals surface area contributed by atoms with Crippen molar-refractivity contribution < 1.29 is 4.79 Å². The molecule has 1 aliphatic rings. The summed E-state index contributed by atoms with van der Waals surface area (Å²) in [5.74, 6) is 1.68. The van der Waals surface area contributed by atoms with Gasteiger partial charge in [0, 0.05) is 14.5 Å². The normalized spacial score (nSPS) is 14.8. The summed E-state index contributed by atoms with van der Waals surface area (Å²) in [7, 11) is 0. The van der Waals surface area contributed by atoms with Crippen LogP contribution in [0.4, 0.5) is 0 Å². The van der Waals surface area contributed by atoms with E-state index in [1.54, 1.807) is 6.07 Å². The lowest BCUT2D eigenvalue weighted by molar-refractivity contribution is 0.112. The molecular formula is C18H18Br2O. The molecule has 1 atom stereocenters. The monoisotopic (exact) mass is 408 g/mol. The van der Waals surface area contributed by atoms with E-state index in [0.717, 1.165) is 22.6 Å². The molecule has 2 aromatic rings. The minimum atomic E-state index is 0.692. The first-order chi connectivity index (χ1) is 10.1. The van der Waals surface area contributed by atoms with E-state index in [1.807, 2.05) is 18.2 Å². The van der Waals surface area contributed by atoms with Crippen molar-refractivity contribution in [1.82, 2.24) is 0 Å². The fourth-order valence-electron chi connectivity index (χ4n) is 2.27. The largest absolute Gasteiger partial charge is 0.298 e. The summed E-state index contributed by atoms with van der Waals surface area (Å²) >= 11 is 6.82. The Morgan fingerprint density at radius 2 is 1.57 bits per heavy atom. The molecule has 0 spiro atoms. The third-order valence-electron chi connectivity index (χ3n) is 3.76. The van der Waals surface area contributed by atoms with Gasteiger partial charge in [0.05, 0.1) is 0 Å². The van der Waals surface area contributed by atoms with Crippen molar-refractivity contribution in [2.75, 3.05) is 0 Å². The molecule has 0 radical (unpaired) electrons. The van der Waals surface area contributed by atoms with Crippen molar-refractivity contribution in [2.24, 2.45) is 5.92 Å². The Balaban J connectivity index is 0.000000161. The van der Waals surface area contributed by atoms with Gasteiger partial charge in [-0.3, -0.25) is 4.79 Å². The predicted octanol–water partition coefficient (Wildman–Crippen LogP) is 6.22. The second-order valence-corrected chi connectivity index (χ2v) is 7.00. The quantitative estimate of drug-likeness (QED) is 0.549. The Bertz CT molecular complexity index is 606. The van der Waals surface area contributed by atoms with Crippen LogP contribution < -0.4 is 0 Å². The van der Waals surface area contributed by atoms with Gasteiger partial charge in [-0.1, -0.05) is 75.2 Å². The fourth-order valence-corrected chi connectivity index (χ4v) is 3.29. The molecule has 0 amide bonds. The average Bonchev–Trinajstić information content (AvgIpc) is 3.33. The number of aldehydes is 1. The Kier molecular flexibility index (Phi) is 6.19. The van der Waals surface area contributed by atoms with Crippen molar-refractivity contribution in [3.05, 3.63) is 68.6 Å². The lowest BCUT2D eigenvalue weighted by Gasteiger charge is -2.11. The van der Waals surface area contributed by atoms with Crippen LogP contribution in [0.15, 0.2) is 57.5 Å². The molecule has 3 heteroatoms. The van der Waals surface area contributed by atoms with Crippen LogP contribution in [0.2, 0.25) is 0 Å². The number of benzene rings is 2. The maximum Gasteiger partial charge on any atom is 0.151 e. The molecule has 21 heavy (non-hydrogen) atoms. The van der Waals surface area contributed by atoms with Crippen LogP contribution in [-0.4, -0.2) is 6.29 Å². The zero-order valence-corrected chi connectivity index (χ0v) is 15.1. The summed E-state index contributed by atoms with van der Waals surface area (Å²) in [6.07, 6.45) is 3.66.